The molecule has 29 heavy (non-hydrogen) atoms. The second-order valence-electron chi connectivity index (χ2n) is 6.93. The zero-order valence-electron chi connectivity index (χ0n) is 16.4. The number of thioether (sulfide) groups is 1. The fourth-order valence-electron chi connectivity index (χ4n) is 3.43. The predicted octanol–water partition coefficient (Wildman–Crippen LogP) is 3.70. The van der Waals surface area contributed by atoms with E-state index in [1.54, 1.807) is 13.4 Å². The van der Waals surface area contributed by atoms with Crippen LogP contribution in [0, 0.1) is 0 Å². The summed E-state index contributed by atoms with van der Waals surface area (Å²) in [5, 5.41) is 9.47. The van der Waals surface area contributed by atoms with Gasteiger partial charge in [-0.25, -0.2) is 0 Å². The quantitative estimate of drug-likeness (QED) is 0.551. The molecule has 1 aliphatic heterocycles. The van der Waals surface area contributed by atoms with Crippen LogP contribution >= 0.6 is 11.8 Å². The van der Waals surface area contributed by atoms with E-state index in [9.17, 15) is 4.79 Å². The molecule has 3 aromatic rings. The molecule has 1 fully saturated rings. The first-order valence-electron chi connectivity index (χ1n) is 9.75. The zero-order chi connectivity index (χ0) is 20.1. The standard InChI is InChI=1S/C21H24N4O3S/c1-27-17-8-5-7-16(13-17)20-22-23-21(25(20)14-18-9-6-12-28-18)29-15-19(26)24-10-3-2-4-11-24/h5-9,12-13H,2-4,10-11,14-15H2,1H3. The van der Waals surface area contributed by atoms with E-state index in [0.717, 1.165) is 43.0 Å². The van der Waals surface area contributed by atoms with Gasteiger partial charge in [-0.15, -0.1) is 10.2 Å². The Morgan fingerprint density at radius 3 is 2.79 bits per heavy atom. The van der Waals surface area contributed by atoms with Crippen LogP contribution in [0.1, 0.15) is 25.0 Å². The number of likely N-dealkylation sites (tertiary alicyclic amines) is 1. The van der Waals surface area contributed by atoms with Crippen molar-refractivity contribution in [1.29, 1.82) is 0 Å². The van der Waals surface area contributed by atoms with Crippen molar-refractivity contribution >= 4 is 17.7 Å². The lowest BCUT2D eigenvalue weighted by Crippen LogP contribution is -2.36. The minimum absolute atomic E-state index is 0.158. The molecule has 4 rings (SSSR count). The fourth-order valence-corrected chi connectivity index (χ4v) is 4.27. The number of rotatable bonds is 7. The molecule has 0 spiro atoms. The second-order valence-corrected chi connectivity index (χ2v) is 7.88. The number of amides is 1. The van der Waals surface area contributed by atoms with Crippen molar-refractivity contribution in [3.8, 4) is 17.1 Å². The van der Waals surface area contributed by atoms with Crippen LogP contribution in [-0.2, 0) is 11.3 Å². The van der Waals surface area contributed by atoms with E-state index in [4.69, 9.17) is 9.15 Å². The topological polar surface area (TPSA) is 73.4 Å². The molecule has 1 aliphatic rings. The Hall–Kier alpha value is -2.74. The summed E-state index contributed by atoms with van der Waals surface area (Å²) in [4.78, 5) is 14.5. The highest BCUT2D eigenvalue weighted by molar-refractivity contribution is 7.99. The van der Waals surface area contributed by atoms with Gasteiger partial charge in [0.1, 0.15) is 11.5 Å². The highest BCUT2D eigenvalue weighted by Crippen LogP contribution is 2.28. The van der Waals surface area contributed by atoms with Crippen molar-refractivity contribution in [2.75, 3.05) is 26.0 Å². The first-order chi connectivity index (χ1) is 14.2. The molecule has 1 saturated heterocycles. The number of nitrogens with zero attached hydrogens (tertiary/aromatic N) is 4. The van der Waals surface area contributed by atoms with Gasteiger partial charge < -0.3 is 14.1 Å². The van der Waals surface area contributed by atoms with E-state index >= 15 is 0 Å². The average Bonchev–Trinajstić information content (AvgIpc) is 3.43. The lowest BCUT2D eigenvalue weighted by Gasteiger charge is -2.26. The van der Waals surface area contributed by atoms with E-state index in [2.05, 4.69) is 10.2 Å². The summed E-state index contributed by atoms with van der Waals surface area (Å²) in [6.07, 6.45) is 5.03. The Bertz CT molecular complexity index is 949. The van der Waals surface area contributed by atoms with Gasteiger partial charge in [-0.3, -0.25) is 9.36 Å². The van der Waals surface area contributed by atoms with Crippen molar-refractivity contribution in [2.24, 2.45) is 0 Å². The van der Waals surface area contributed by atoms with Crippen molar-refractivity contribution in [3.63, 3.8) is 0 Å². The summed E-state index contributed by atoms with van der Waals surface area (Å²) in [5.41, 5.74) is 0.901. The van der Waals surface area contributed by atoms with Gasteiger partial charge in [-0.2, -0.15) is 0 Å². The molecule has 0 radical (unpaired) electrons. The van der Waals surface area contributed by atoms with Gasteiger partial charge in [-0.05, 0) is 43.5 Å². The van der Waals surface area contributed by atoms with Crippen LogP contribution in [0.25, 0.3) is 11.4 Å². The molecule has 1 amide bonds. The smallest absolute Gasteiger partial charge is 0.233 e. The number of ether oxygens (including phenoxy) is 1. The lowest BCUT2D eigenvalue weighted by molar-refractivity contribution is -0.129. The molecular weight excluding hydrogens is 388 g/mol. The normalized spacial score (nSPS) is 14.2. The van der Waals surface area contributed by atoms with Gasteiger partial charge in [0.05, 0.1) is 25.7 Å². The number of benzene rings is 1. The molecule has 1 aromatic carbocycles. The van der Waals surface area contributed by atoms with Gasteiger partial charge >= 0.3 is 0 Å². The van der Waals surface area contributed by atoms with Crippen molar-refractivity contribution in [2.45, 2.75) is 31.0 Å². The third-order valence-corrected chi connectivity index (χ3v) is 5.92. The summed E-state index contributed by atoms with van der Waals surface area (Å²) in [6.45, 7) is 2.20. The highest BCUT2D eigenvalue weighted by atomic mass is 32.2. The van der Waals surface area contributed by atoms with E-state index in [0.29, 0.717) is 23.3 Å². The monoisotopic (exact) mass is 412 g/mol. The average molecular weight is 413 g/mol. The number of methoxy groups -OCH3 is 1. The molecule has 0 atom stereocenters. The van der Waals surface area contributed by atoms with Crippen molar-refractivity contribution < 1.29 is 13.9 Å². The van der Waals surface area contributed by atoms with Crippen molar-refractivity contribution in [3.05, 3.63) is 48.4 Å². The molecular formula is C21H24N4O3S. The van der Waals surface area contributed by atoms with Crippen LogP contribution in [0.15, 0.2) is 52.2 Å². The summed E-state index contributed by atoms with van der Waals surface area (Å²) >= 11 is 1.42. The number of carbonyl (C=O) groups is 1. The Kier molecular flexibility index (Phi) is 6.19. The maximum Gasteiger partial charge on any atom is 0.233 e. The lowest BCUT2D eigenvalue weighted by atomic mass is 10.1. The Labute approximate surface area is 174 Å². The third kappa shape index (κ3) is 4.64. The van der Waals surface area contributed by atoms with E-state index < -0.39 is 0 Å². The first-order valence-corrected chi connectivity index (χ1v) is 10.7. The molecule has 0 bridgehead atoms. The Morgan fingerprint density at radius 2 is 2.03 bits per heavy atom. The molecule has 0 aliphatic carbocycles. The predicted molar refractivity (Wildman–Crippen MR) is 111 cm³/mol. The van der Waals surface area contributed by atoms with Crippen molar-refractivity contribution in [1.82, 2.24) is 19.7 Å². The second kappa shape index (κ2) is 9.17. The minimum atomic E-state index is 0.158. The summed E-state index contributed by atoms with van der Waals surface area (Å²) in [5.74, 6) is 2.79. The summed E-state index contributed by atoms with van der Waals surface area (Å²) in [6, 6.07) is 11.5. The van der Waals surface area contributed by atoms with Crippen LogP contribution in [0.4, 0.5) is 0 Å². The van der Waals surface area contributed by atoms with Gasteiger partial charge in [0.2, 0.25) is 5.91 Å². The fraction of sp³-hybridized carbons (Fsp3) is 0.381. The van der Waals surface area contributed by atoms with Crippen LogP contribution < -0.4 is 4.74 Å². The molecule has 0 saturated carbocycles. The Morgan fingerprint density at radius 1 is 1.17 bits per heavy atom. The molecule has 0 unspecified atom stereocenters. The molecule has 7 nitrogen and oxygen atoms in total. The molecule has 3 heterocycles. The number of furan rings is 1. The summed E-state index contributed by atoms with van der Waals surface area (Å²) < 4.78 is 12.9. The SMILES string of the molecule is COc1cccc(-c2nnc(SCC(=O)N3CCCCC3)n2Cc2ccco2)c1. The molecule has 8 heteroatoms. The van der Waals surface area contributed by atoms with E-state index in [1.165, 1.54) is 18.2 Å². The van der Waals surface area contributed by atoms with Gasteiger partial charge in [0.15, 0.2) is 11.0 Å². The van der Waals surface area contributed by atoms with E-state index in [1.807, 2.05) is 45.9 Å². The van der Waals surface area contributed by atoms with Gasteiger partial charge in [-0.1, -0.05) is 23.9 Å². The number of hydrogen-bond acceptors (Lipinski definition) is 6. The number of piperidine rings is 1. The minimum Gasteiger partial charge on any atom is -0.497 e. The third-order valence-electron chi connectivity index (χ3n) is 4.97. The van der Waals surface area contributed by atoms with Gasteiger partial charge in [0.25, 0.3) is 0 Å². The number of carbonyl (C=O) groups excluding carboxylic acids is 1. The first kappa shape index (κ1) is 19.6. The summed E-state index contributed by atoms with van der Waals surface area (Å²) in [7, 11) is 1.64. The number of aromatic nitrogens is 3. The van der Waals surface area contributed by atoms with Crippen LogP contribution in [0.2, 0.25) is 0 Å². The van der Waals surface area contributed by atoms with Crippen LogP contribution in [0.5, 0.6) is 5.75 Å². The van der Waals surface area contributed by atoms with Crippen LogP contribution in [0.3, 0.4) is 0 Å². The molecule has 2 aromatic heterocycles. The highest BCUT2D eigenvalue weighted by Gasteiger charge is 2.20. The Balaban J connectivity index is 1.57. The molecule has 152 valence electrons. The number of hydrogen-bond donors (Lipinski definition) is 0. The van der Waals surface area contributed by atoms with E-state index in [-0.39, 0.29) is 5.91 Å². The molecule has 0 N–H and O–H groups in total. The maximum absolute atomic E-state index is 12.6. The zero-order valence-corrected chi connectivity index (χ0v) is 17.2. The maximum atomic E-state index is 12.6. The van der Waals surface area contributed by atoms with Gasteiger partial charge in [0, 0.05) is 18.7 Å². The largest absolute Gasteiger partial charge is 0.497 e. The van der Waals surface area contributed by atoms with Crippen LogP contribution in [-0.4, -0.2) is 51.5 Å².